The summed E-state index contributed by atoms with van der Waals surface area (Å²) in [6.07, 6.45) is 2.41. The number of halogens is 1. The van der Waals surface area contributed by atoms with Gasteiger partial charge in [0.25, 0.3) is 0 Å². The third-order valence-corrected chi connectivity index (χ3v) is 5.10. The van der Waals surface area contributed by atoms with Crippen molar-refractivity contribution in [1.82, 2.24) is 20.1 Å². The van der Waals surface area contributed by atoms with Gasteiger partial charge in [-0.3, -0.25) is 9.51 Å². The summed E-state index contributed by atoms with van der Waals surface area (Å²) >= 11 is 3.45. The van der Waals surface area contributed by atoms with Crippen molar-refractivity contribution < 1.29 is 9.26 Å². The lowest BCUT2D eigenvalue weighted by Gasteiger charge is -2.11. The maximum absolute atomic E-state index is 11.3. The molecular formula is C22H20BrN5O3. The zero-order chi connectivity index (χ0) is 21.6. The van der Waals surface area contributed by atoms with Gasteiger partial charge in [-0.15, -0.1) is 0 Å². The van der Waals surface area contributed by atoms with Crippen LogP contribution in [0.25, 0.3) is 22.6 Å². The van der Waals surface area contributed by atoms with E-state index in [2.05, 4.69) is 58.0 Å². The summed E-state index contributed by atoms with van der Waals surface area (Å²) < 4.78 is 11.4. The molecule has 4 aromatic rings. The number of H-pyrrole nitrogens is 1. The zero-order valence-corrected chi connectivity index (χ0v) is 18.3. The van der Waals surface area contributed by atoms with Crippen molar-refractivity contribution in [2.75, 3.05) is 18.5 Å². The van der Waals surface area contributed by atoms with E-state index in [4.69, 9.17) is 4.74 Å². The van der Waals surface area contributed by atoms with Gasteiger partial charge in [-0.05, 0) is 43.2 Å². The summed E-state index contributed by atoms with van der Waals surface area (Å²) in [4.78, 5) is 22.5. The predicted molar refractivity (Wildman–Crippen MR) is 121 cm³/mol. The Bertz CT molecular complexity index is 1220. The summed E-state index contributed by atoms with van der Waals surface area (Å²) in [5, 5.41) is 7.09. The lowest BCUT2D eigenvalue weighted by molar-refractivity contribution is 0.341. The van der Waals surface area contributed by atoms with E-state index < -0.39 is 5.76 Å². The second-order valence-electron chi connectivity index (χ2n) is 6.68. The largest absolute Gasteiger partial charge is 0.493 e. The van der Waals surface area contributed by atoms with Crippen LogP contribution in [0, 0.1) is 0 Å². The monoisotopic (exact) mass is 481 g/mol. The number of hydrogen-bond acceptors (Lipinski definition) is 7. The molecule has 0 aliphatic heterocycles. The first kappa shape index (κ1) is 20.8. The van der Waals surface area contributed by atoms with E-state index >= 15 is 0 Å². The van der Waals surface area contributed by atoms with Crippen LogP contribution in [0.2, 0.25) is 0 Å². The minimum atomic E-state index is -0.615. The van der Waals surface area contributed by atoms with E-state index in [-0.39, 0.29) is 0 Å². The van der Waals surface area contributed by atoms with Crippen molar-refractivity contribution in [2.45, 2.75) is 13.3 Å². The Hall–Kier alpha value is -3.46. The molecule has 0 spiro atoms. The molecule has 0 saturated heterocycles. The molecule has 4 rings (SSSR count). The molecule has 0 aliphatic carbocycles. The van der Waals surface area contributed by atoms with E-state index in [1.165, 1.54) is 11.9 Å². The number of anilines is 1. The lowest BCUT2D eigenvalue weighted by Crippen LogP contribution is -2.06. The zero-order valence-electron chi connectivity index (χ0n) is 16.8. The summed E-state index contributed by atoms with van der Waals surface area (Å²) in [6.45, 7) is 3.10. The van der Waals surface area contributed by atoms with Gasteiger partial charge in [0, 0.05) is 22.6 Å². The summed E-state index contributed by atoms with van der Waals surface area (Å²) in [6, 6.07) is 15.7. The molecule has 0 saturated carbocycles. The highest BCUT2D eigenvalue weighted by molar-refractivity contribution is 9.10. The molecule has 158 valence electrons. The van der Waals surface area contributed by atoms with Crippen LogP contribution < -0.4 is 15.8 Å². The van der Waals surface area contributed by atoms with Gasteiger partial charge >= 0.3 is 5.76 Å². The van der Waals surface area contributed by atoms with Gasteiger partial charge in [0.2, 0.25) is 0 Å². The van der Waals surface area contributed by atoms with Crippen molar-refractivity contribution in [3.05, 3.63) is 75.4 Å². The molecule has 0 atom stereocenters. The van der Waals surface area contributed by atoms with Crippen LogP contribution in [0.4, 0.5) is 5.82 Å². The van der Waals surface area contributed by atoms with Crippen molar-refractivity contribution in [3.8, 4) is 28.4 Å². The van der Waals surface area contributed by atoms with Crippen molar-refractivity contribution in [2.24, 2.45) is 0 Å². The maximum atomic E-state index is 11.3. The van der Waals surface area contributed by atoms with Crippen molar-refractivity contribution in [3.63, 3.8) is 0 Å². The number of ether oxygens (including phenoxy) is 1. The highest BCUT2D eigenvalue weighted by Gasteiger charge is 2.13. The van der Waals surface area contributed by atoms with Crippen LogP contribution in [-0.4, -0.2) is 33.3 Å². The molecule has 0 fully saturated rings. The van der Waals surface area contributed by atoms with Crippen LogP contribution in [-0.2, 0) is 6.42 Å². The smallest absolute Gasteiger partial charge is 0.439 e. The predicted octanol–water partition coefficient (Wildman–Crippen LogP) is 4.30. The van der Waals surface area contributed by atoms with Crippen molar-refractivity contribution in [1.29, 1.82) is 0 Å². The molecular weight excluding hydrogens is 462 g/mol. The number of benzene rings is 2. The fourth-order valence-electron chi connectivity index (χ4n) is 3.10. The Balaban J connectivity index is 1.51. The molecule has 2 N–H and O–H groups in total. The fraction of sp³-hybridized carbons (Fsp3) is 0.182. The minimum Gasteiger partial charge on any atom is -0.493 e. The number of aromatic amines is 1. The van der Waals surface area contributed by atoms with Crippen molar-refractivity contribution >= 4 is 21.7 Å². The topological polar surface area (TPSA) is 106 Å². The standard InChI is InChI=1S/C22H20BrN5O3/c1-2-30-19-11-15(5-8-17(19)21-27-22(29)31-28-21)18-12-20(26-13-25-18)24-10-9-14-3-6-16(23)7-4-14/h3-8,11-13H,2,9-10H2,1H3,(H,24,25,26)(H,27,28,29). The molecule has 8 nitrogen and oxygen atoms in total. The highest BCUT2D eigenvalue weighted by atomic mass is 79.9. The summed E-state index contributed by atoms with van der Waals surface area (Å²) in [5.41, 5.74) is 3.49. The minimum absolute atomic E-state index is 0.318. The first-order valence-electron chi connectivity index (χ1n) is 9.76. The normalized spacial score (nSPS) is 10.8. The third-order valence-electron chi connectivity index (χ3n) is 4.57. The Morgan fingerprint density at radius 2 is 1.97 bits per heavy atom. The first-order valence-corrected chi connectivity index (χ1v) is 10.6. The van der Waals surface area contributed by atoms with Gasteiger partial charge in [0.05, 0.1) is 17.9 Å². The van der Waals surface area contributed by atoms with E-state index in [1.807, 2.05) is 43.3 Å². The molecule has 31 heavy (non-hydrogen) atoms. The Kier molecular flexibility index (Phi) is 6.42. The lowest BCUT2D eigenvalue weighted by atomic mass is 10.1. The van der Waals surface area contributed by atoms with Gasteiger partial charge < -0.3 is 10.1 Å². The van der Waals surface area contributed by atoms with Gasteiger partial charge in [-0.2, -0.15) is 0 Å². The molecule has 0 unspecified atom stereocenters. The fourth-order valence-corrected chi connectivity index (χ4v) is 3.36. The second kappa shape index (κ2) is 9.57. The Morgan fingerprint density at radius 3 is 2.71 bits per heavy atom. The Morgan fingerprint density at radius 1 is 1.13 bits per heavy atom. The molecule has 2 aromatic carbocycles. The van der Waals surface area contributed by atoms with Crippen LogP contribution in [0.15, 0.2) is 68.6 Å². The third kappa shape index (κ3) is 5.18. The van der Waals surface area contributed by atoms with E-state index in [0.717, 1.165) is 34.5 Å². The molecule has 2 aromatic heterocycles. The van der Waals surface area contributed by atoms with Gasteiger partial charge in [-0.1, -0.05) is 39.3 Å². The quantitative estimate of drug-likeness (QED) is 0.386. The SMILES string of the molecule is CCOc1cc(-c2cc(NCCc3ccc(Br)cc3)ncn2)ccc1-c1noc(=O)[nH]1. The van der Waals surface area contributed by atoms with E-state index in [1.54, 1.807) is 0 Å². The molecule has 2 heterocycles. The number of nitrogens with one attached hydrogen (secondary N) is 2. The summed E-state index contributed by atoms with van der Waals surface area (Å²) in [7, 11) is 0. The Labute approximate surface area is 186 Å². The van der Waals surface area contributed by atoms with Crippen LogP contribution in [0.1, 0.15) is 12.5 Å². The average Bonchev–Trinajstić information content (AvgIpc) is 3.21. The number of nitrogens with zero attached hydrogens (tertiary/aromatic N) is 3. The van der Waals surface area contributed by atoms with Crippen LogP contribution >= 0.6 is 15.9 Å². The number of hydrogen-bond donors (Lipinski definition) is 2. The van der Waals surface area contributed by atoms with Gasteiger partial charge in [0.15, 0.2) is 5.82 Å². The van der Waals surface area contributed by atoms with Crippen LogP contribution in [0.5, 0.6) is 5.75 Å². The maximum Gasteiger partial charge on any atom is 0.439 e. The van der Waals surface area contributed by atoms with Gasteiger partial charge in [-0.25, -0.2) is 14.8 Å². The summed E-state index contributed by atoms with van der Waals surface area (Å²) in [5.74, 6) is 1.02. The molecule has 9 heteroatoms. The number of rotatable bonds is 8. The molecule has 0 amide bonds. The highest BCUT2D eigenvalue weighted by Crippen LogP contribution is 2.32. The van der Waals surface area contributed by atoms with E-state index in [9.17, 15) is 4.79 Å². The molecule has 0 radical (unpaired) electrons. The molecule has 0 bridgehead atoms. The average molecular weight is 482 g/mol. The van der Waals surface area contributed by atoms with Gasteiger partial charge in [0.1, 0.15) is 17.9 Å². The molecule has 0 aliphatic rings. The van der Waals surface area contributed by atoms with Crippen LogP contribution in [0.3, 0.4) is 0 Å². The number of aromatic nitrogens is 4. The first-order chi connectivity index (χ1) is 15.1. The second-order valence-corrected chi connectivity index (χ2v) is 7.59. The van der Waals surface area contributed by atoms with E-state index in [0.29, 0.717) is 23.7 Å².